The molecule has 168 valence electrons. The highest BCUT2D eigenvalue weighted by molar-refractivity contribution is 5.84. The Morgan fingerprint density at radius 1 is 1.24 bits per heavy atom. The van der Waals surface area contributed by atoms with E-state index in [1.54, 1.807) is 12.1 Å². The molecule has 2 aromatic carbocycles. The van der Waals surface area contributed by atoms with E-state index in [1.807, 2.05) is 30.5 Å². The van der Waals surface area contributed by atoms with E-state index in [2.05, 4.69) is 20.5 Å². The molecule has 33 heavy (non-hydrogen) atoms. The molecule has 0 fully saturated rings. The second kappa shape index (κ2) is 8.90. The zero-order valence-corrected chi connectivity index (χ0v) is 18.1. The number of para-hydroxylation sites is 1. The molecule has 0 radical (unpaired) electrons. The van der Waals surface area contributed by atoms with Crippen molar-refractivity contribution < 1.29 is 18.7 Å². The minimum atomic E-state index is -0.367. The molecule has 0 bridgehead atoms. The quantitative estimate of drug-likeness (QED) is 0.451. The fraction of sp³-hybridized carbons (Fsp3) is 0.240. The van der Waals surface area contributed by atoms with Crippen LogP contribution in [0.1, 0.15) is 17.5 Å². The maximum atomic E-state index is 14.2. The number of aromatic amines is 1. The van der Waals surface area contributed by atoms with Gasteiger partial charge in [-0.1, -0.05) is 18.2 Å². The Labute approximate surface area is 189 Å². The monoisotopic (exact) mass is 446 g/mol. The van der Waals surface area contributed by atoms with Gasteiger partial charge in [0.2, 0.25) is 11.8 Å². The highest BCUT2D eigenvalue weighted by Gasteiger charge is 2.28. The summed E-state index contributed by atoms with van der Waals surface area (Å²) >= 11 is 0. The number of fused-ring (bicyclic) bond motifs is 2. The van der Waals surface area contributed by atoms with Gasteiger partial charge in [0.1, 0.15) is 17.7 Å². The van der Waals surface area contributed by atoms with Gasteiger partial charge in [-0.05, 0) is 36.2 Å². The number of methoxy groups -OCH3 is 1. The number of carbonyl (C=O) groups is 1. The lowest BCUT2D eigenvalue weighted by molar-refractivity contribution is -0.121. The molecular weight excluding hydrogens is 423 g/mol. The summed E-state index contributed by atoms with van der Waals surface area (Å²) in [4.78, 5) is 15.7. The SMILES string of the molecule is COc1ccc(-c2cc(F)cc3c2O[C@H](CNC(=O)CCc2c[nH]c4ccccc24)C3)nn1. The molecule has 8 heteroatoms. The fourth-order valence-electron chi connectivity index (χ4n) is 4.17. The fourth-order valence-corrected chi connectivity index (χ4v) is 4.17. The summed E-state index contributed by atoms with van der Waals surface area (Å²) in [6, 6.07) is 14.3. The molecule has 7 nitrogen and oxygen atoms in total. The van der Waals surface area contributed by atoms with Crippen molar-refractivity contribution in [3.8, 4) is 22.9 Å². The maximum absolute atomic E-state index is 14.2. The first kappa shape index (κ1) is 20.9. The first-order chi connectivity index (χ1) is 16.1. The molecule has 0 saturated heterocycles. The highest BCUT2D eigenvalue weighted by Crippen LogP contribution is 2.39. The third kappa shape index (κ3) is 4.37. The van der Waals surface area contributed by atoms with Crippen molar-refractivity contribution in [1.82, 2.24) is 20.5 Å². The molecule has 5 rings (SSSR count). The lowest BCUT2D eigenvalue weighted by Crippen LogP contribution is -2.34. The number of nitrogens with zero attached hydrogens (tertiary/aromatic N) is 2. The number of halogens is 1. The van der Waals surface area contributed by atoms with E-state index < -0.39 is 0 Å². The Bertz CT molecular complexity index is 1300. The van der Waals surface area contributed by atoms with E-state index in [0.717, 1.165) is 22.0 Å². The molecule has 0 aliphatic carbocycles. The number of aromatic nitrogens is 3. The third-order valence-corrected chi connectivity index (χ3v) is 5.81. The largest absolute Gasteiger partial charge is 0.487 e. The highest BCUT2D eigenvalue weighted by atomic mass is 19.1. The Balaban J connectivity index is 1.21. The Morgan fingerprint density at radius 2 is 2.12 bits per heavy atom. The van der Waals surface area contributed by atoms with Crippen LogP contribution in [-0.2, 0) is 17.6 Å². The average Bonchev–Trinajstić information content (AvgIpc) is 3.44. The number of rotatable bonds is 7. The molecule has 3 heterocycles. The van der Waals surface area contributed by atoms with Crippen molar-refractivity contribution in [1.29, 1.82) is 0 Å². The van der Waals surface area contributed by atoms with Crippen LogP contribution in [0.3, 0.4) is 0 Å². The maximum Gasteiger partial charge on any atom is 0.233 e. The minimum Gasteiger partial charge on any atom is -0.487 e. The Hall–Kier alpha value is -3.94. The second-order valence-electron chi connectivity index (χ2n) is 8.01. The van der Waals surface area contributed by atoms with Gasteiger partial charge in [-0.25, -0.2) is 4.39 Å². The van der Waals surface area contributed by atoms with E-state index in [4.69, 9.17) is 9.47 Å². The van der Waals surface area contributed by atoms with E-state index in [-0.39, 0.29) is 17.8 Å². The van der Waals surface area contributed by atoms with Crippen LogP contribution in [0, 0.1) is 5.82 Å². The lowest BCUT2D eigenvalue weighted by atomic mass is 10.0. The summed E-state index contributed by atoms with van der Waals surface area (Å²) in [7, 11) is 1.51. The summed E-state index contributed by atoms with van der Waals surface area (Å²) in [6.07, 6.45) is 3.21. The molecule has 1 atom stereocenters. The van der Waals surface area contributed by atoms with Crippen LogP contribution in [0.2, 0.25) is 0 Å². The first-order valence-corrected chi connectivity index (χ1v) is 10.8. The molecule has 1 aliphatic rings. The summed E-state index contributed by atoms with van der Waals surface area (Å²) in [5.74, 6) is 0.537. The van der Waals surface area contributed by atoms with Gasteiger partial charge in [-0.3, -0.25) is 4.79 Å². The van der Waals surface area contributed by atoms with Crippen molar-refractivity contribution in [2.75, 3.05) is 13.7 Å². The average molecular weight is 446 g/mol. The van der Waals surface area contributed by atoms with Gasteiger partial charge in [0.25, 0.3) is 0 Å². The molecule has 0 unspecified atom stereocenters. The molecule has 0 spiro atoms. The first-order valence-electron chi connectivity index (χ1n) is 10.8. The van der Waals surface area contributed by atoms with Gasteiger partial charge >= 0.3 is 0 Å². The van der Waals surface area contributed by atoms with Crippen molar-refractivity contribution in [3.63, 3.8) is 0 Å². The van der Waals surface area contributed by atoms with Crippen LogP contribution >= 0.6 is 0 Å². The van der Waals surface area contributed by atoms with Crippen LogP contribution in [0.5, 0.6) is 11.6 Å². The van der Waals surface area contributed by atoms with Crippen LogP contribution in [0.4, 0.5) is 4.39 Å². The normalized spacial score (nSPS) is 14.7. The number of ether oxygens (including phenoxy) is 2. The van der Waals surface area contributed by atoms with Crippen molar-refractivity contribution in [2.45, 2.75) is 25.4 Å². The number of carbonyl (C=O) groups excluding carboxylic acids is 1. The molecule has 4 aromatic rings. The third-order valence-electron chi connectivity index (χ3n) is 5.81. The predicted octanol–water partition coefficient (Wildman–Crippen LogP) is 3.83. The van der Waals surface area contributed by atoms with Gasteiger partial charge in [0, 0.05) is 47.1 Å². The summed E-state index contributed by atoms with van der Waals surface area (Å²) in [5.41, 5.74) is 3.96. The summed E-state index contributed by atoms with van der Waals surface area (Å²) in [5, 5.41) is 12.2. The lowest BCUT2D eigenvalue weighted by Gasteiger charge is -2.13. The summed E-state index contributed by atoms with van der Waals surface area (Å²) < 4.78 is 25.4. The zero-order valence-electron chi connectivity index (χ0n) is 18.1. The number of amides is 1. The van der Waals surface area contributed by atoms with Crippen molar-refractivity contribution >= 4 is 16.8 Å². The number of H-pyrrole nitrogens is 1. The number of benzene rings is 2. The van der Waals surface area contributed by atoms with E-state index >= 15 is 0 Å². The predicted molar refractivity (Wildman–Crippen MR) is 122 cm³/mol. The standard InChI is InChI=1S/C25H23FN4O3/c1-32-24-9-7-22(29-30-24)20-12-17(26)10-16-11-18(33-25(16)20)14-28-23(31)8-6-15-13-27-21-5-3-2-4-19(15)21/h2-5,7,9-10,12-13,18,27H,6,8,11,14H2,1H3,(H,28,31)/t18-/m0/s1. The van der Waals surface area contributed by atoms with Gasteiger partial charge in [-0.15, -0.1) is 10.2 Å². The minimum absolute atomic E-state index is 0.0488. The van der Waals surface area contributed by atoms with Gasteiger partial charge in [0.05, 0.1) is 19.3 Å². The second-order valence-corrected chi connectivity index (χ2v) is 8.01. The summed E-state index contributed by atoms with van der Waals surface area (Å²) in [6.45, 7) is 0.344. The van der Waals surface area contributed by atoms with E-state index in [0.29, 0.717) is 48.7 Å². The Morgan fingerprint density at radius 3 is 2.94 bits per heavy atom. The molecule has 2 aromatic heterocycles. The molecule has 1 aliphatic heterocycles. The number of hydrogen-bond acceptors (Lipinski definition) is 5. The van der Waals surface area contributed by atoms with Crippen molar-refractivity contribution in [3.05, 3.63) is 71.7 Å². The van der Waals surface area contributed by atoms with Gasteiger partial charge < -0.3 is 19.8 Å². The smallest absolute Gasteiger partial charge is 0.233 e. The molecular formula is C25H23FN4O3. The number of hydrogen-bond donors (Lipinski definition) is 2. The zero-order chi connectivity index (χ0) is 22.8. The Kier molecular flexibility index (Phi) is 5.64. The molecule has 1 amide bonds. The topological polar surface area (TPSA) is 89.1 Å². The molecule has 2 N–H and O–H groups in total. The van der Waals surface area contributed by atoms with Gasteiger partial charge in [0.15, 0.2) is 0 Å². The van der Waals surface area contributed by atoms with Crippen molar-refractivity contribution in [2.24, 2.45) is 0 Å². The number of nitrogens with one attached hydrogen (secondary N) is 2. The van der Waals surface area contributed by atoms with Crippen LogP contribution in [-0.4, -0.2) is 40.8 Å². The van der Waals surface area contributed by atoms with Crippen LogP contribution < -0.4 is 14.8 Å². The number of aryl methyl sites for hydroxylation is 1. The van der Waals surface area contributed by atoms with E-state index in [1.165, 1.54) is 19.2 Å². The van der Waals surface area contributed by atoms with Crippen LogP contribution in [0.15, 0.2) is 54.7 Å². The van der Waals surface area contributed by atoms with Crippen LogP contribution in [0.25, 0.3) is 22.2 Å². The van der Waals surface area contributed by atoms with Gasteiger partial charge in [-0.2, -0.15) is 0 Å². The molecule has 0 saturated carbocycles. The van der Waals surface area contributed by atoms with E-state index in [9.17, 15) is 9.18 Å².